The molecule has 5 heteroatoms. The molecule has 0 aromatic heterocycles. The van der Waals surface area contributed by atoms with Crippen LogP contribution in [0.25, 0.3) is 0 Å². The Hall–Kier alpha value is -2.56. The molecule has 0 aliphatic heterocycles. The molecular formula is C13H11NO4. The second-order valence-corrected chi connectivity index (χ2v) is 3.22. The standard InChI is InChI=1S/C13H11NO4/c1-17-10-5-4-6-11(9-10)18-13-8-3-2-7-12(13)14(15)16/h2-9H,1H3/i2D,3D,7D,8D. The predicted octanol–water partition coefficient (Wildman–Crippen LogP) is 3.40. The molecule has 18 heavy (non-hydrogen) atoms. The maximum Gasteiger partial charge on any atom is 0.311 e. The fourth-order valence-electron chi connectivity index (χ4n) is 1.28. The molecule has 0 saturated heterocycles. The molecule has 0 spiro atoms. The molecule has 0 aliphatic carbocycles. The smallest absolute Gasteiger partial charge is 0.311 e. The zero-order valence-electron chi connectivity index (χ0n) is 13.4. The Labute approximate surface area is 109 Å². The van der Waals surface area contributed by atoms with Gasteiger partial charge in [0, 0.05) is 12.1 Å². The summed E-state index contributed by atoms with van der Waals surface area (Å²) in [6.07, 6.45) is 0. The Morgan fingerprint density at radius 1 is 1.28 bits per heavy atom. The lowest BCUT2D eigenvalue weighted by Crippen LogP contribution is -1.93. The second kappa shape index (κ2) is 5.18. The lowest BCUT2D eigenvalue weighted by atomic mass is 10.3. The number of ether oxygens (including phenoxy) is 2. The summed E-state index contributed by atoms with van der Waals surface area (Å²) in [6, 6.07) is 3.51. The summed E-state index contributed by atoms with van der Waals surface area (Å²) in [6.45, 7) is 0. The Kier molecular flexibility index (Phi) is 2.22. The van der Waals surface area contributed by atoms with Gasteiger partial charge in [0.05, 0.1) is 17.5 Å². The van der Waals surface area contributed by atoms with Gasteiger partial charge >= 0.3 is 5.69 Å². The van der Waals surface area contributed by atoms with Crippen molar-refractivity contribution in [1.29, 1.82) is 0 Å². The van der Waals surface area contributed by atoms with Crippen LogP contribution in [0.5, 0.6) is 17.2 Å². The van der Waals surface area contributed by atoms with Gasteiger partial charge in [-0.1, -0.05) is 18.2 Å². The van der Waals surface area contributed by atoms with E-state index in [9.17, 15) is 10.1 Å². The van der Waals surface area contributed by atoms with Crippen molar-refractivity contribution in [2.45, 2.75) is 0 Å². The van der Waals surface area contributed by atoms with Crippen LogP contribution in [0, 0.1) is 10.1 Å². The van der Waals surface area contributed by atoms with Crippen LogP contribution in [0.2, 0.25) is 0 Å². The molecule has 0 N–H and O–H groups in total. The first kappa shape index (κ1) is 7.71. The summed E-state index contributed by atoms with van der Waals surface area (Å²) in [4.78, 5) is 10.2. The van der Waals surface area contributed by atoms with E-state index in [0.717, 1.165) is 0 Å². The van der Waals surface area contributed by atoms with E-state index in [4.69, 9.17) is 15.0 Å². The Balaban J connectivity index is 2.61. The van der Waals surface area contributed by atoms with Gasteiger partial charge in [-0.25, -0.2) is 0 Å². The fourth-order valence-corrected chi connectivity index (χ4v) is 1.28. The molecule has 0 saturated carbocycles. The number of para-hydroxylation sites is 2. The van der Waals surface area contributed by atoms with Gasteiger partial charge in [0.25, 0.3) is 0 Å². The summed E-state index contributed by atoms with van der Waals surface area (Å²) in [5.74, 6) is 0.0673. The molecule has 0 fully saturated rings. The highest BCUT2D eigenvalue weighted by molar-refractivity contribution is 5.48. The van der Waals surface area contributed by atoms with Crippen molar-refractivity contribution in [3.8, 4) is 17.2 Å². The highest BCUT2D eigenvalue weighted by atomic mass is 16.6. The number of rotatable bonds is 4. The van der Waals surface area contributed by atoms with E-state index in [1.165, 1.54) is 19.2 Å². The van der Waals surface area contributed by atoms with Crippen molar-refractivity contribution in [1.82, 2.24) is 0 Å². The van der Waals surface area contributed by atoms with Crippen molar-refractivity contribution in [3.05, 3.63) is 58.5 Å². The SMILES string of the molecule is [2H]c1c([2H])c([2H])c([N+](=O)[O-])c(Oc2cccc(OC)c2)c1[2H]. The number of nitro groups is 1. The van der Waals surface area contributed by atoms with Crippen LogP contribution in [0.1, 0.15) is 5.48 Å². The minimum Gasteiger partial charge on any atom is -0.497 e. The van der Waals surface area contributed by atoms with Crippen molar-refractivity contribution < 1.29 is 19.9 Å². The van der Waals surface area contributed by atoms with Crippen molar-refractivity contribution in [2.24, 2.45) is 0 Å². The van der Waals surface area contributed by atoms with Crippen LogP contribution in [0.4, 0.5) is 5.69 Å². The molecule has 2 rings (SSSR count). The summed E-state index contributed by atoms with van der Waals surface area (Å²) in [7, 11) is 1.44. The summed E-state index contributed by atoms with van der Waals surface area (Å²) in [5.41, 5.74) is -0.811. The third kappa shape index (κ3) is 2.57. The zero-order chi connectivity index (χ0) is 16.4. The number of nitrogens with zero attached hydrogens (tertiary/aromatic N) is 1. The van der Waals surface area contributed by atoms with Crippen LogP contribution in [0.3, 0.4) is 0 Å². The van der Waals surface area contributed by atoms with Gasteiger partial charge in [-0.3, -0.25) is 10.1 Å². The van der Waals surface area contributed by atoms with E-state index < -0.39 is 40.5 Å². The van der Waals surface area contributed by atoms with Crippen LogP contribution < -0.4 is 9.47 Å². The summed E-state index contributed by atoms with van der Waals surface area (Å²) >= 11 is 0. The number of benzene rings is 2. The van der Waals surface area contributed by atoms with Gasteiger partial charge in [-0.15, -0.1) is 0 Å². The maximum absolute atomic E-state index is 11.1. The molecule has 0 aliphatic rings. The number of nitro benzene ring substituents is 1. The number of methoxy groups -OCH3 is 1. The zero-order valence-corrected chi connectivity index (χ0v) is 9.39. The van der Waals surface area contributed by atoms with Gasteiger partial charge in [-0.2, -0.15) is 0 Å². The van der Waals surface area contributed by atoms with Gasteiger partial charge in [-0.05, 0) is 18.2 Å². The van der Waals surface area contributed by atoms with Gasteiger partial charge < -0.3 is 9.47 Å². The van der Waals surface area contributed by atoms with E-state index in [1.54, 1.807) is 12.1 Å². The summed E-state index contributed by atoms with van der Waals surface area (Å²) in [5, 5.41) is 11.1. The van der Waals surface area contributed by atoms with E-state index in [2.05, 4.69) is 0 Å². The highest BCUT2D eigenvalue weighted by Crippen LogP contribution is 2.31. The largest absolute Gasteiger partial charge is 0.497 e. The van der Waals surface area contributed by atoms with Crippen LogP contribution in [-0.2, 0) is 0 Å². The Morgan fingerprint density at radius 2 is 2.00 bits per heavy atom. The van der Waals surface area contributed by atoms with E-state index in [-0.39, 0.29) is 5.75 Å². The highest BCUT2D eigenvalue weighted by Gasteiger charge is 2.14. The lowest BCUT2D eigenvalue weighted by Gasteiger charge is -2.07. The molecule has 0 unspecified atom stereocenters. The van der Waals surface area contributed by atoms with Crippen LogP contribution in [0.15, 0.2) is 48.4 Å². The Bertz CT molecular complexity index is 751. The van der Waals surface area contributed by atoms with Crippen LogP contribution in [-0.4, -0.2) is 12.0 Å². The van der Waals surface area contributed by atoms with E-state index >= 15 is 0 Å². The molecule has 0 atom stereocenters. The topological polar surface area (TPSA) is 61.6 Å². The van der Waals surface area contributed by atoms with E-state index in [0.29, 0.717) is 5.75 Å². The minimum atomic E-state index is -0.895. The molecule has 0 bridgehead atoms. The molecule has 5 nitrogen and oxygen atoms in total. The van der Waals surface area contributed by atoms with Gasteiger partial charge in [0.15, 0.2) is 0 Å². The monoisotopic (exact) mass is 249 g/mol. The second-order valence-electron chi connectivity index (χ2n) is 3.22. The van der Waals surface area contributed by atoms with E-state index in [1.807, 2.05) is 0 Å². The quantitative estimate of drug-likeness (QED) is 0.615. The molecule has 92 valence electrons. The third-order valence-electron chi connectivity index (χ3n) is 2.08. The normalized spacial score (nSPS) is 12.9. The summed E-state index contributed by atoms with van der Waals surface area (Å²) < 4.78 is 40.8. The molecule has 0 amide bonds. The molecule has 0 heterocycles. The molecule has 0 radical (unpaired) electrons. The average molecular weight is 249 g/mol. The molecule has 2 aromatic carbocycles. The fraction of sp³-hybridized carbons (Fsp3) is 0.0769. The lowest BCUT2D eigenvalue weighted by molar-refractivity contribution is -0.385. The van der Waals surface area contributed by atoms with Crippen LogP contribution >= 0.6 is 0 Å². The Morgan fingerprint density at radius 3 is 2.72 bits per heavy atom. The molecular weight excluding hydrogens is 234 g/mol. The van der Waals surface area contributed by atoms with Gasteiger partial charge in [0.2, 0.25) is 5.75 Å². The first-order valence-electron chi connectivity index (χ1n) is 6.93. The van der Waals surface area contributed by atoms with Gasteiger partial charge in [0.1, 0.15) is 11.5 Å². The average Bonchev–Trinajstić information content (AvgIpc) is 2.50. The maximum atomic E-state index is 11.1. The van der Waals surface area contributed by atoms with Crippen molar-refractivity contribution in [2.75, 3.05) is 7.11 Å². The first-order valence-corrected chi connectivity index (χ1v) is 4.93. The number of hydrogen-bond donors (Lipinski definition) is 0. The van der Waals surface area contributed by atoms with Crippen molar-refractivity contribution in [3.63, 3.8) is 0 Å². The first-order chi connectivity index (χ1) is 10.4. The van der Waals surface area contributed by atoms with Crippen molar-refractivity contribution >= 4 is 5.69 Å². The number of hydrogen-bond acceptors (Lipinski definition) is 4. The molecule has 2 aromatic rings. The third-order valence-corrected chi connectivity index (χ3v) is 2.08. The predicted molar refractivity (Wildman–Crippen MR) is 66.2 cm³/mol. The minimum absolute atomic E-state index is 0.160.